The third kappa shape index (κ3) is 4.19. The van der Waals surface area contributed by atoms with Crippen LogP contribution >= 0.6 is 0 Å². The average Bonchev–Trinajstić information content (AvgIpc) is 3.38. The van der Waals surface area contributed by atoms with Crippen molar-refractivity contribution in [1.29, 1.82) is 0 Å². The summed E-state index contributed by atoms with van der Waals surface area (Å²) in [6.45, 7) is 5.27. The fourth-order valence-electron chi connectivity index (χ4n) is 4.60. The number of nitrogens with one attached hydrogen (secondary N) is 1. The molecule has 162 valence electrons. The Labute approximate surface area is 179 Å². The zero-order valence-corrected chi connectivity index (χ0v) is 18.8. The van der Waals surface area contributed by atoms with Gasteiger partial charge in [-0.05, 0) is 80.2 Å². The molecule has 1 fully saturated rings. The first-order valence-electron chi connectivity index (χ1n) is 10.6. The first-order valence-corrected chi connectivity index (χ1v) is 12.1. The van der Waals surface area contributed by atoms with Crippen molar-refractivity contribution in [3.63, 3.8) is 0 Å². The van der Waals surface area contributed by atoms with Crippen molar-refractivity contribution in [3.05, 3.63) is 53.1 Å². The van der Waals surface area contributed by atoms with E-state index in [0.717, 1.165) is 44.5 Å². The van der Waals surface area contributed by atoms with Gasteiger partial charge in [0.2, 0.25) is 10.0 Å². The summed E-state index contributed by atoms with van der Waals surface area (Å²) in [5.41, 5.74) is 4.64. The van der Waals surface area contributed by atoms with Crippen molar-refractivity contribution in [2.45, 2.75) is 37.1 Å². The van der Waals surface area contributed by atoms with Crippen LogP contribution in [-0.2, 0) is 16.4 Å². The molecule has 0 saturated carbocycles. The topological polar surface area (TPSA) is 61.9 Å². The lowest BCUT2D eigenvalue weighted by Gasteiger charge is -2.29. The molecule has 4 rings (SSSR count). The van der Waals surface area contributed by atoms with Gasteiger partial charge in [0, 0.05) is 31.9 Å². The number of benzene rings is 2. The lowest BCUT2D eigenvalue weighted by atomic mass is 10.0. The zero-order chi connectivity index (χ0) is 21.3. The molecule has 30 heavy (non-hydrogen) atoms. The van der Waals surface area contributed by atoms with Crippen molar-refractivity contribution in [2.75, 3.05) is 45.2 Å². The Kier molecular flexibility index (Phi) is 6.04. The Bertz CT molecular complexity index is 1020. The van der Waals surface area contributed by atoms with E-state index in [1.54, 1.807) is 25.3 Å². The number of aryl methyl sites for hydroxylation is 1. The highest BCUT2D eigenvalue weighted by Gasteiger charge is 2.27. The second kappa shape index (κ2) is 8.57. The Morgan fingerprint density at radius 3 is 2.57 bits per heavy atom. The van der Waals surface area contributed by atoms with Gasteiger partial charge in [-0.1, -0.05) is 12.1 Å². The van der Waals surface area contributed by atoms with Gasteiger partial charge < -0.3 is 9.64 Å². The predicted molar refractivity (Wildman–Crippen MR) is 120 cm³/mol. The van der Waals surface area contributed by atoms with Crippen LogP contribution in [0.15, 0.2) is 41.3 Å². The first kappa shape index (κ1) is 21.2. The standard InChI is InChI=1S/C23H31N3O3S/c1-17-14-20(7-9-23(17)29-3)30(27,28)24-16-22(26-11-4-5-12-26)18-6-8-21-19(15-18)10-13-25(21)2/h6-9,14-15,22,24H,4-5,10-13,16H2,1-3H3/t22-/m1/s1. The van der Waals surface area contributed by atoms with Gasteiger partial charge in [0.1, 0.15) is 5.75 Å². The maximum atomic E-state index is 13.0. The molecule has 0 aliphatic carbocycles. The maximum Gasteiger partial charge on any atom is 0.240 e. The molecule has 7 heteroatoms. The third-order valence-corrected chi connectivity index (χ3v) is 7.76. The number of nitrogens with zero attached hydrogens (tertiary/aromatic N) is 2. The normalized spacial score (nSPS) is 17.9. The molecule has 0 unspecified atom stereocenters. The molecule has 2 aromatic carbocycles. The lowest BCUT2D eigenvalue weighted by molar-refractivity contribution is 0.246. The molecule has 2 heterocycles. The summed E-state index contributed by atoms with van der Waals surface area (Å²) in [5, 5.41) is 0. The minimum atomic E-state index is -3.60. The van der Waals surface area contributed by atoms with Crippen molar-refractivity contribution in [3.8, 4) is 5.75 Å². The Morgan fingerprint density at radius 1 is 1.10 bits per heavy atom. The molecule has 0 bridgehead atoms. The smallest absolute Gasteiger partial charge is 0.240 e. The van der Waals surface area contributed by atoms with Crippen LogP contribution in [0, 0.1) is 6.92 Å². The average molecular weight is 430 g/mol. The summed E-state index contributed by atoms with van der Waals surface area (Å²) in [5.74, 6) is 0.687. The molecule has 0 aromatic heterocycles. The molecule has 0 spiro atoms. The van der Waals surface area contributed by atoms with Gasteiger partial charge in [0.05, 0.1) is 12.0 Å². The largest absolute Gasteiger partial charge is 0.496 e. The molecule has 6 nitrogen and oxygen atoms in total. The molecule has 0 amide bonds. The van der Waals surface area contributed by atoms with E-state index in [9.17, 15) is 8.42 Å². The number of likely N-dealkylation sites (tertiary alicyclic amines) is 1. The second-order valence-electron chi connectivity index (χ2n) is 8.30. The summed E-state index contributed by atoms with van der Waals surface area (Å²) in [6.07, 6.45) is 3.37. The Morgan fingerprint density at radius 2 is 1.87 bits per heavy atom. The Balaban J connectivity index is 1.56. The van der Waals surface area contributed by atoms with Gasteiger partial charge in [-0.25, -0.2) is 13.1 Å². The number of methoxy groups -OCH3 is 1. The highest BCUT2D eigenvalue weighted by Crippen LogP contribution is 2.32. The number of hydrogen-bond acceptors (Lipinski definition) is 5. The van der Waals surface area contributed by atoms with Gasteiger partial charge >= 0.3 is 0 Å². The molecule has 1 N–H and O–H groups in total. The van der Waals surface area contributed by atoms with Crippen molar-refractivity contribution in [2.24, 2.45) is 0 Å². The van der Waals surface area contributed by atoms with Crippen molar-refractivity contribution in [1.82, 2.24) is 9.62 Å². The Hall–Kier alpha value is -2.09. The van der Waals surface area contributed by atoms with Crippen LogP contribution in [0.4, 0.5) is 5.69 Å². The van der Waals surface area contributed by atoms with Gasteiger partial charge in [-0.15, -0.1) is 0 Å². The van der Waals surface area contributed by atoms with Gasteiger partial charge in [-0.2, -0.15) is 0 Å². The van der Waals surface area contributed by atoms with E-state index in [0.29, 0.717) is 12.3 Å². The highest BCUT2D eigenvalue weighted by molar-refractivity contribution is 7.89. The van der Waals surface area contributed by atoms with Crippen LogP contribution in [-0.4, -0.2) is 53.7 Å². The van der Waals surface area contributed by atoms with E-state index < -0.39 is 10.0 Å². The predicted octanol–water partition coefficient (Wildman–Crippen LogP) is 3.11. The molecule has 2 aliphatic heterocycles. The molecule has 2 aromatic rings. The van der Waals surface area contributed by atoms with Crippen molar-refractivity contribution >= 4 is 15.7 Å². The minimum absolute atomic E-state index is 0.0397. The second-order valence-corrected chi connectivity index (χ2v) is 10.1. The molecule has 1 saturated heterocycles. The van der Waals surface area contributed by atoms with Crippen LogP contribution in [0.1, 0.15) is 35.6 Å². The van der Waals surface area contributed by atoms with Crippen molar-refractivity contribution < 1.29 is 13.2 Å². The van der Waals surface area contributed by atoms with E-state index in [-0.39, 0.29) is 10.9 Å². The lowest BCUT2D eigenvalue weighted by Crippen LogP contribution is -2.36. The quantitative estimate of drug-likeness (QED) is 0.733. The van der Waals surface area contributed by atoms with Crippen LogP contribution in [0.5, 0.6) is 5.75 Å². The summed E-state index contributed by atoms with van der Waals surface area (Å²) in [6, 6.07) is 11.6. The van der Waals surface area contributed by atoms with E-state index in [1.807, 2.05) is 6.92 Å². The fourth-order valence-corrected chi connectivity index (χ4v) is 5.72. The third-order valence-electron chi connectivity index (χ3n) is 6.34. The number of fused-ring (bicyclic) bond motifs is 1. The first-order chi connectivity index (χ1) is 14.4. The molecule has 0 radical (unpaired) electrons. The summed E-state index contributed by atoms with van der Waals surface area (Å²) >= 11 is 0. The van der Waals surface area contributed by atoms with Crippen LogP contribution < -0.4 is 14.4 Å². The number of anilines is 1. The number of ether oxygens (including phenoxy) is 1. The maximum absolute atomic E-state index is 13.0. The van der Waals surface area contributed by atoms with Crippen LogP contribution in [0.3, 0.4) is 0 Å². The summed E-state index contributed by atoms with van der Waals surface area (Å²) in [7, 11) is 0.105. The van der Waals surface area contributed by atoms with E-state index in [1.165, 1.54) is 16.8 Å². The number of likely N-dealkylation sites (N-methyl/N-ethyl adjacent to an activating group) is 1. The zero-order valence-electron chi connectivity index (χ0n) is 18.0. The minimum Gasteiger partial charge on any atom is -0.496 e. The van der Waals surface area contributed by atoms with Gasteiger partial charge in [0.15, 0.2) is 0 Å². The summed E-state index contributed by atoms with van der Waals surface area (Å²) < 4.78 is 34.1. The highest BCUT2D eigenvalue weighted by atomic mass is 32.2. The van der Waals surface area contributed by atoms with E-state index in [4.69, 9.17) is 4.74 Å². The van der Waals surface area contributed by atoms with Crippen LogP contribution in [0.25, 0.3) is 0 Å². The molecule has 2 aliphatic rings. The number of rotatable bonds is 7. The molecular formula is C23H31N3O3S. The molecular weight excluding hydrogens is 398 g/mol. The SMILES string of the molecule is COc1ccc(S(=O)(=O)NC[C@H](c2ccc3c(c2)CCN3C)N2CCCC2)cc1C. The summed E-state index contributed by atoms with van der Waals surface area (Å²) in [4.78, 5) is 4.96. The number of sulfonamides is 1. The van der Waals surface area contributed by atoms with E-state index >= 15 is 0 Å². The number of hydrogen-bond donors (Lipinski definition) is 1. The van der Waals surface area contributed by atoms with Gasteiger partial charge in [-0.3, -0.25) is 4.90 Å². The molecule has 1 atom stereocenters. The van der Waals surface area contributed by atoms with Gasteiger partial charge in [0.25, 0.3) is 0 Å². The van der Waals surface area contributed by atoms with E-state index in [2.05, 4.69) is 39.8 Å². The van der Waals surface area contributed by atoms with Crippen LogP contribution in [0.2, 0.25) is 0 Å². The monoisotopic (exact) mass is 429 g/mol. The fraction of sp³-hybridized carbons (Fsp3) is 0.478.